The first-order valence-electron chi connectivity index (χ1n) is 11.3. The minimum atomic E-state index is -0.738. The molecule has 5 N–H and O–H groups in total. The van der Waals surface area contributed by atoms with Crippen molar-refractivity contribution >= 4 is 35.0 Å². The van der Waals surface area contributed by atoms with Crippen molar-refractivity contribution in [3.8, 4) is 6.07 Å². The molecule has 1 aliphatic rings. The van der Waals surface area contributed by atoms with E-state index in [4.69, 9.17) is 22.4 Å². The lowest BCUT2D eigenvalue weighted by atomic mass is 10.0. The lowest BCUT2D eigenvalue weighted by molar-refractivity contribution is -0.137. The van der Waals surface area contributed by atoms with E-state index in [1.54, 1.807) is 6.07 Å². The summed E-state index contributed by atoms with van der Waals surface area (Å²) in [6.45, 7) is 8.83. The summed E-state index contributed by atoms with van der Waals surface area (Å²) in [4.78, 5) is 23.3. The summed E-state index contributed by atoms with van der Waals surface area (Å²) in [5.74, 6) is -0.738. The number of nitrogens with zero attached hydrogens (tertiary/aromatic N) is 2. The molecule has 0 spiro atoms. The van der Waals surface area contributed by atoms with Crippen molar-refractivity contribution in [2.24, 2.45) is 5.73 Å². The first-order chi connectivity index (χ1) is 15.9. The first-order valence-corrected chi connectivity index (χ1v) is 11.7. The fraction of sp³-hybridized carbons (Fsp3) is 0.609. The van der Waals surface area contributed by atoms with Crippen LogP contribution >= 0.6 is 11.6 Å². The maximum atomic E-state index is 11.3. The van der Waals surface area contributed by atoms with Gasteiger partial charge in [0.05, 0.1) is 35.1 Å². The number of hydrogen-bond donors (Lipinski definition) is 4. The number of methoxy groups -OCH3 is 1. The second-order valence-electron chi connectivity index (χ2n) is 7.04. The average molecular weight is 484 g/mol. The second-order valence-corrected chi connectivity index (χ2v) is 7.41. The van der Waals surface area contributed by atoms with Gasteiger partial charge < -0.3 is 31.1 Å². The minimum Gasteiger partial charge on any atom is -0.481 e. The first kappa shape index (κ1) is 30.3. The molecule has 1 aromatic rings. The SMILES string of the molecule is CC.CCNc1cc(C#N)cc(N2CCC(NC(=O)OC)CC2)c1Cl.NCCCCC(=O)O. The van der Waals surface area contributed by atoms with Gasteiger partial charge in [0, 0.05) is 32.1 Å². The number of rotatable bonds is 8. The molecule has 0 bridgehead atoms. The number of carbonyl (C=O) groups is 2. The van der Waals surface area contributed by atoms with Crippen LogP contribution in [0.25, 0.3) is 0 Å². The highest BCUT2D eigenvalue weighted by molar-refractivity contribution is 6.36. The number of piperidine rings is 1. The molecule has 0 unspecified atom stereocenters. The van der Waals surface area contributed by atoms with E-state index in [0.29, 0.717) is 23.6 Å². The molecule has 0 radical (unpaired) electrons. The second kappa shape index (κ2) is 17.8. The molecule has 33 heavy (non-hydrogen) atoms. The van der Waals surface area contributed by atoms with Gasteiger partial charge in [-0.25, -0.2) is 4.79 Å². The van der Waals surface area contributed by atoms with Gasteiger partial charge >= 0.3 is 12.1 Å². The van der Waals surface area contributed by atoms with Crippen LogP contribution < -0.4 is 21.3 Å². The Morgan fingerprint density at radius 1 is 1.30 bits per heavy atom. The number of aliphatic carboxylic acids is 1. The van der Waals surface area contributed by atoms with Crippen molar-refractivity contribution in [3.63, 3.8) is 0 Å². The number of carboxylic acids is 1. The molecule has 2 rings (SSSR count). The number of nitrogens with two attached hydrogens (primary N) is 1. The summed E-state index contributed by atoms with van der Waals surface area (Å²) in [6, 6.07) is 5.86. The zero-order valence-electron chi connectivity index (χ0n) is 20.1. The Bertz CT molecular complexity index is 762. The van der Waals surface area contributed by atoms with Gasteiger partial charge in [0.1, 0.15) is 0 Å². The van der Waals surface area contributed by atoms with E-state index in [0.717, 1.165) is 50.3 Å². The Labute approximate surface area is 202 Å². The topological polar surface area (TPSA) is 141 Å². The molecule has 0 aliphatic carbocycles. The largest absolute Gasteiger partial charge is 0.481 e. The standard InChI is InChI=1S/C16H21ClN4O2.C5H11NO2.C2H6/c1-3-19-13-8-11(10-18)9-14(15(13)17)21-6-4-12(5-7-21)20-16(22)23-2;6-4-2-1-3-5(7)8;1-2/h8-9,12,19H,3-7H2,1-2H3,(H,20,22);1-4,6H2,(H,7,8);1-2H3. The number of unbranched alkanes of at least 4 members (excludes halogenated alkanes) is 1. The maximum Gasteiger partial charge on any atom is 0.407 e. The number of amides is 1. The molecule has 10 heteroatoms. The van der Waals surface area contributed by atoms with Gasteiger partial charge in [0.15, 0.2) is 0 Å². The van der Waals surface area contributed by atoms with Gasteiger partial charge in [-0.05, 0) is 51.3 Å². The van der Waals surface area contributed by atoms with E-state index >= 15 is 0 Å². The molecular weight excluding hydrogens is 446 g/mol. The van der Waals surface area contributed by atoms with Crippen LogP contribution in [-0.2, 0) is 9.53 Å². The van der Waals surface area contributed by atoms with Gasteiger partial charge in [0.25, 0.3) is 0 Å². The number of carbonyl (C=O) groups excluding carboxylic acids is 1. The smallest absolute Gasteiger partial charge is 0.407 e. The summed E-state index contributed by atoms with van der Waals surface area (Å²) >= 11 is 6.49. The third kappa shape index (κ3) is 11.6. The summed E-state index contributed by atoms with van der Waals surface area (Å²) in [7, 11) is 1.36. The van der Waals surface area contributed by atoms with Crippen molar-refractivity contribution < 1.29 is 19.4 Å². The molecular formula is C23H38ClN5O4. The minimum absolute atomic E-state index is 0.102. The Hall–Kier alpha value is -2.70. The number of anilines is 2. The van der Waals surface area contributed by atoms with Crippen molar-refractivity contribution in [1.29, 1.82) is 5.26 Å². The van der Waals surface area contributed by atoms with E-state index in [-0.39, 0.29) is 12.5 Å². The molecule has 1 aliphatic heterocycles. The van der Waals surface area contributed by atoms with Gasteiger partial charge in [-0.2, -0.15) is 5.26 Å². The molecule has 0 atom stereocenters. The number of carboxylic acid groups (broad SMARTS) is 1. The lowest BCUT2D eigenvalue weighted by Crippen LogP contribution is -2.44. The number of alkyl carbamates (subject to hydrolysis) is 1. The van der Waals surface area contributed by atoms with Crippen molar-refractivity contribution in [3.05, 3.63) is 22.7 Å². The molecule has 1 saturated heterocycles. The molecule has 0 aromatic heterocycles. The quantitative estimate of drug-likeness (QED) is 0.403. The summed E-state index contributed by atoms with van der Waals surface area (Å²) in [5.41, 5.74) is 7.34. The monoisotopic (exact) mass is 483 g/mol. The van der Waals surface area contributed by atoms with Crippen molar-refractivity contribution in [2.45, 2.75) is 58.9 Å². The number of ether oxygens (including phenoxy) is 1. The van der Waals surface area contributed by atoms with E-state index in [1.165, 1.54) is 7.11 Å². The fourth-order valence-corrected chi connectivity index (χ4v) is 3.43. The molecule has 1 heterocycles. The Kier molecular flexibility index (Phi) is 16.4. The van der Waals surface area contributed by atoms with Crippen LogP contribution in [0.2, 0.25) is 5.02 Å². The van der Waals surface area contributed by atoms with Gasteiger partial charge in [0.2, 0.25) is 0 Å². The molecule has 1 amide bonds. The van der Waals surface area contributed by atoms with E-state index in [1.807, 2.05) is 26.8 Å². The van der Waals surface area contributed by atoms with Crippen LogP contribution in [0.15, 0.2) is 12.1 Å². The number of nitriles is 1. The molecule has 1 aromatic carbocycles. The van der Waals surface area contributed by atoms with Crippen LogP contribution in [0.3, 0.4) is 0 Å². The van der Waals surface area contributed by atoms with Crippen LogP contribution in [0.1, 0.15) is 58.4 Å². The zero-order chi connectivity index (χ0) is 25.2. The number of hydrogen-bond acceptors (Lipinski definition) is 7. The molecule has 9 nitrogen and oxygen atoms in total. The van der Waals surface area contributed by atoms with Crippen LogP contribution in [0.5, 0.6) is 0 Å². The van der Waals surface area contributed by atoms with Crippen molar-refractivity contribution in [2.75, 3.05) is 43.5 Å². The maximum absolute atomic E-state index is 11.3. The Morgan fingerprint density at radius 2 is 1.94 bits per heavy atom. The van der Waals surface area contributed by atoms with Gasteiger partial charge in [-0.15, -0.1) is 0 Å². The van der Waals surface area contributed by atoms with Crippen LogP contribution in [0.4, 0.5) is 16.2 Å². The van der Waals surface area contributed by atoms with Crippen LogP contribution in [-0.4, -0.2) is 56.5 Å². The molecule has 1 fully saturated rings. The van der Waals surface area contributed by atoms with E-state index < -0.39 is 12.1 Å². The zero-order valence-corrected chi connectivity index (χ0v) is 20.9. The summed E-state index contributed by atoms with van der Waals surface area (Å²) < 4.78 is 4.63. The Morgan fingerprint density at radius 3 is 2.42 bits per heavy atom. The molecule has 186 valence electrons. The lowest BCUT2D eigenvalue weighted by Gasteiger charge is -2.34. The number of benzene rings is 1. The Balaban J connectivity index is 0.000000868. The number of nitrogens with one attached hydrogen (secondary N) is 2. The predicted octanol–water partition coefficient (Wildman–Crippen LogP) is 4.19. The van der Waals surface area contributed by atoms with E-state index in [2.05, 4.69) is 26.3 Å². The third-order valence-corrected chi connectivity index (χ3v) is 5.13. The highest BCUT2D eigenvalue weighted by Crippen LogP contribution is 2.35. The fourth-order valence-electron chi connectivity index (χ4n) is 3.13. The third-order valence-electron chi connectivity index (χ3n) is 4.74. The van der Waals surface area contributed by atoms with E-state index in [9.17, 15) is 14.9 Å². The highest BCUT2D eigenvalue weighted by atomic mass is 35.5. The van der Waals surface area contributed by atoms with Crippen LogP contribution in [0, 0.1) is 11.3 Å². The van der Waals surface area contributed by atoms with Crippen molar-refractivity contribution in [1.82, 2.24) is 5.32 Å². The average Bonchev–Trinajstić information content (AvgIpc) is 2.82. The number of halogens is 1. The predicted molar refractivity (Wildman–Crippen MR) is 133 cm³/mol. The highest BCUT2D eigenvalue weighted by Gasteiger charge is 2.23. The summed E-state index contributed by atoms with van der Waals surface area (Å²) in [6.07, 6.45) is 2.97. The normalized spacial score (nSPS) is 12.8. The van der Waals surface area contributed by atoms with Gasteiger partial charge in [-0.3, -0.25) is 4.79 Å². The molecule has 0 saturated carbocycles. The summed E-state index contributed by atoms with van der Waals surface area (Å²) in [5, 5.41) is 24.0. The van der Waals surface area contributed by atoms with Gasteiger partial charge in [-0.1, -0.05) is 25.4 Å².